The third kappa shape index (κ3) is 2.38. The van der Waals surface area contributed by atoms with Gasteiger partial charge in [-0.3, -0.25) is 14.5 Å². The summed E-state index contributed by atoms with van der Waals surface area (Å²) in [6.07, 6.45) is 7.59. The SMILES string of the molecule is O=C1[C@@H]2[C@@H](C(=O)N1CCNC1CC(c3ccccc3)C1)[C@H]1C=C[C@H]2C1. The van der Waals surface area contributed by atoms with Crippen LogP contribution < -0.4 is 5.32 Å². The Balaban J connectivity index is 1.11. The van der Waals surface area contributed by atoms with E-state index in [2.05, 4.69) is 47.8 Å². The van der Waals surface area contributed by atoms with Crippen molar-refractivity contribution in [2.24, 2.45) is 23.7 Å². The van der Waals surface area contributed by atoms with Crippen LogP contribution in [-0.4, -0.2) is 35.8 Å². The Hall–Kier alpha value is -1.94. The van der Waals surface area contributed by atoms with Gasteiger partial charge in [-0.15, -0.1) is 0 Å². The number of imide groups is 1. The van der Waals surface area contributed by atoms with E-state index in [9.17, 15) is 9.59 Å². The van der Waals surface area contributed by atoms with E-state index in [1.165, 1.54) is 10.5 Å². The first-order valence-corrected chi connectivity index (χ1v) is 9.54. The summed E-state index contributed by atoms with van der Waals surface area (Å²) in [6.45, 7) is 1.24. The van der Waals surface area contributed by atoms with Crippen molar-refractivity contribution in [3.63, 3.8) is 0 Å². The lowest BCUT2D eigenvalue weighted by Gasteiger charge is -2.36. The molecule has 1 heterocycles. The van der Waals surface area contributed by atoms with Crippen molar-refractivity contribution < 1.29 is 9.59 Å². The Labute approximate surface area is 148 Å². The highest BCUT2D eigenvalue weighted by Gasteiger charge is 2.58. The molecule has 4 nitrogen and oxygen atoms in total. The van der Waals surface area contributed by atoms with E-state index in [0.717, 1.165) is 19.3 Å². The quantitative estimate of drug-likeness (QED) is 0.663. The van der Waals surface area contributed by atoms with Gasteiger partial charge in [-0.2, -0.15) is 0 Å². The molecule has 130 valence electrons. The Morgan fingerprint density at radius 2 is 1.56 bits per heavy atom. The molecule has 1 aromatic rings. The number of fused-ring (bicyclic) bond motifs is 5. The van der Waals surface area contributed by atoms with Crippen molar-refractivity contribution in [3.8, 4) is 0 Å². The molecule has 4 heteroatoms. The van der Waals surface area contributed by atoms with Gasteiger partial charge in [0.15, 0.2) is 0 Å². The van der Waals surface area contributed by atoms with Crippen LogP contribution in [-0.2, 0) is 9.59 Å². The fraction of sp³-hybridized carbons (Fsp3) is 0.524. The van der Waals surface area contributed by atoms with Crippen molar-refractivity contribution in [2.75, 3.05) is 13.1 Å². The summed E-state index contributed by atoms with van der Waals surface area (Å²) in [5.74, 6) is 1.29. The van der Waals surface area contributed by atoms with Gasteiger partial charge in [-0.05, 0) is 42.6 Å². The maximum absolute atomic E-state index is 12.6. The number of carbonyl (C=O) groups excluding carboxylic acids is 2. The first-order valence-electron chi connectivity index (χ1n) is 9.54. The van der Waals surface area contributed by atoms with Gasteiger partial charge in [0.2, 0.25) is 11.8 Å². The molecule has 1 aromatic carbocycles. The summed E-state index contributed by atoms with van der Waals surface area (Å²) in [6, 6.07) is 11.2. The van der Waals surface area contributed by atoms with Crippen molar-refractivity contribution in [1.29, 1.82) is 0 Å². The lowest BCUT2D eigenvalue weighted by atomic mass is 9.76. The number of benzene rings is 1. The number of carbonyl (C=O) groups is 2. The third-order valence-corrected chi connectivity index (χ3v) is 6.74. The van der Waals surface area contributed by atoms with Crippen LogP contribution in [0.3, 0.4) is 0 Å². The monoisotopic (exact) mass is 336 g/mol. The average Bonchev–Trinajstić information content (AvgIpc) is 3.26. The molecule has 5 rings (SSSR count). The van der Waals surface area contributed by atoms with Crippen LogP contribution in [0.5, 0.6) is 0 Å². The second kappa shape index (κ2) is 5.80. The van der Waals surface area contributed by atoms with Gasteiger partial charge in [0.05, 0.1) is 11.8 Å². The average molecular weight is 336 g/mol. The first-order chi connectivity index (χ1) is 12.2. The molecule has 4 aliphatic rings. The van der Waals surface area contributed by atoms with Gasteiger partial charge < -0.3 is 5.32 Å². The fourth-order valence-electron chi connectivity index (χ4n) is 5.35. The number of likely N-dealkylation sites (tertiary alicyclic amines) is 1. The summed E-state index contributed by atoms with van der Waals surface area (Å²) in [7, 11) is 0. The Kier molecular flexibility index (Phi) is 3.56. The minimum atomic E-state index is -0.0614. The summed E-state index contributed by atoms with van der Waals surface area (Å²) in [5.41, 5.74) is 1.42. The zero-order chi connectivity index (χ0) is 17.0. The maximum atomic E-state index is 12.6. The molecule has 3 fully saturated rings. The molecule has 0 spiro atoms. The number of nitrogens with one attached hydrogen (secondary N) is 1. The van der Waals surface area contributed by atoms with Gasteiger partial charge >= 0.3 is 0 Å². The summed E-state index contributed by atoms with van der Waals surface area (Å²) in [4.78, 5) is 26.8. The van der Waals surface area contributed by atoms with Gasteiger partial charge in [0.1, 0.15) is 0 Å². The topological polar surface area (TPSA) is 49.4 Å². The van der Waals surface area contributed by atoms with Gasteiger partial charge in [-0.1, -0.05) is 42.5 Å². The number of hydrogen-bond acceptors (Lipinski definition) is 3. The number of rotatable bonds is 5. The third-order valence-electron chi connectivity index (χ3n) is 6.74. The molecule has 2 amide bonds. The van der Waals surface area contributed by atoms with Crippen molar-refractivity contribution in [1.82, 2.24) is 10.2 Å². The second-order valence-corrected chi connectivity index (χ2v) is 8.06. The molecule has 2 bridgehead atoms. The van der Waals surface area contributed by atoms with Crippen molar-refractivity contribution in [3.05, 3.63) is 48.0 Å². The molecule has 1 N–H and O–H groups in total. The van der Waals surface area contributed by atoms with Gasteiger partial charge in [0, 0.05) is 19.1 Å². The molecule has 0 aromatic heterocycles. The molecule has 1 saturated heterocycles. The van der Waals surface area contributed by atoms with E-state index >= 15 is 0 Å². The van der Waals surface area contributed by atoms with E-state index in [0.29, 0.717) is 36.9 Å². The van der Waals surface area contributed by atoms with E-state index in [1.54, 1.807) is 0 Å². The molecule has 0 unspecified atom stereocenters. The summed E-state index contributed by atoms with van der Waals surface area (Å²) < 4.78 is 0. The highest BCUT2D eigenvalue weighted by Crippen LogP contribution is 2.52. The van der Waals surface area contributed by atoms with Crippen LogP contribution in [0.1, 0.15) is 30.7 Å². The number of nitrogens with zero attached hydrogens (tertiary/aromatic N) is 1. The smallest absolute Gasteiger partial charge is 0.233 e. The molecular weight excluding hydrogens is 312 g/mol. The van der Waals surface area contributed by atoms with Crippen LogP contribution in [0.15, 0.2) is 42.5 Å². The van der Waals surface area contributed by atoms with Crippen LogP contribution in [0.25, 0.3) is 0 Å². The van der Waals surface area contributed by atoms with Gasteiger partial charge in [-0.25, -0.2) is 0 Å². The minimum Gasteiger partial charge on any atom is -0.312 e. The molecule has 4 atom stereocenters. The van der Waals surface area contributed by atoms with Gasteiger partial charge in [0.25, 0.3) is 0 Å². The van der Waals surface area contributed by atoms with E-state index in [1.807, 2.05) is 0 Å². The van der Waals surface area contributed by atoms with E-state index < -0.39 is 0 Å². The molecule has 25 heavy (non-hydrogen) atoms. The predicted molar refractivity (Wildman–Crippen MR) is 94.6 cm³/mol. The molecule has 2 saturated carbocycles. The molecule has 3 aliphatic carbocycles. The normalized spacial score (nSPS) is 38.3. The molecular formula is C21H24N2O2. The summed E-state index contributed by atoms with van der Waals surface area (Å²) in [5, 5.41) is 3.53. The predicted octanol–water partition coefficient (Wildman–Crippen LogP) is 2.33. The molecule has 0 radical (unpaired) electrons. The van der Waals surface area contributed by atoms with E-state index in [4.69, 9.17) is 0 Å². The minimum absolute atomic E-state index is 0.0614. The largest absolute Gasteiger partial charge is 0.312 e. The fourth-order valence-corrected chi connectivity index (χ4v) is 5.35. The Bertz CT molecular complexity index is 693. The number of allylic oxidation sites excluding steroid dienone is 2. The standard InChI is InChI=1S/C21H24N2O2/c24-20-18-14-6-7-15(10-14)19(18)21(25)23(20)9-8-22-17-11-16(12-17)13-4-2-1-3-5-13/h1-7,14-19,22H,8-12H2/t14-,15-,16?,17?,18-,19-/m0/s1. The highest BCUT2D eigenvalue weighted by atomic mass is 16.2. The second-order valence-electron chi connectivity index (χ2n) is 8.06. The van der Waals surface area contributed by atoms with Crippen LogP contribution >= 0.6 is 0 Å². The van der Waals surface area contributed by atoms with Crippen LogP contribution in [0.2, 0.25) is 0 Å². The first kappa shape index (κ1) is 15.3. The van der Waals surface area contributed by atoms with Crippen LogP contribution in [0.4, 0.5) is 0 Å². The maximum Gasteiger partial charge on any atom is 0.233 e. The molecule has 1 aliphatic heterocycles. The van der Waals surface area contributed by atoms with Crippen molar-refractivity contribution in [2.45, 2.75) is 31.2 Å². The van der Waals surface area contributed by atoms with Crippen LogP contribution in [0, 0.1) is 23.7 Å². The van der Waals surface area contributed by atoms with Crippen molar-refractivity contribution >= 4 is 11.8 Å². The summed E-state index contributed by atoms with van der Waals surface area (Å²) >= 11 is 0. The lowest BCUT2D eigenvalue weighted by Crippen LogP contribution is -2.45. The Morgan fingerprint density at radius 3 is 2.20 bits per heavy atom. The number of amides is 2. The van der Waals surface area contributed by atoms with E-state index in [-0.39, 0.29) is 23.7 Å². The lowest BCUT2D eigenvalue weighted by molar-refractivity contribution is -0.140. The zero-order valence-corrected chi connectivity index (χ0v) is 14.3. The highest BCUT2D eigenvalue weighted by molar-refractivity contribution is 6.06. The zero-order valence-electron chi connectivity index (χ0n) is 14.3. The number of hydrogen-bond donors (Lipinski definition) is 1. The Morgan fingerprint density at radius 1 is 0.920 bits per heavy atom.